The van der Waals surface area contributed by atoms with Crippen LogP contribution in [0.2, 0.25) is 0 Å². The molecule has 0 saturated heterocycles. The van der Waals surface area contributed by atoms with Crippen LogP contribution in [0.1, 0.15) is 43.1 Å². The molecule has 0 fully saturated rings. The lowest BCUT2D eigenvalue weighted by molar-refractivity contribution is 0.0889. The van der Waals surface area contributed by atoms with Gasteiger partial charge >= 0.3 is 0 Å². The molecule has 1 aliphatic rings. The van der Waals surface area contributed by atoms with Crippen LogP contribution < -0.4 is 0 Å². The van der Waals surface area contributed by atoms with Gasteiger partial charge in [-0.3, -0.25) is 14.4 Å². The van der Waals surface area contributed by atoms with Crippen molar-refractivity contribution in [2.75, 3.05) is 0 Å². The first kappa shape index (κ1) is 15.2. The summed E-state index contributed by atoms with van der Waals surface area (Å²) in [5.41, 5.74) is 2.47. The molecule has 0 amide bonds. The Bertz CT molecular complexity index is 1040. The van der Waals surface area contributed by atoms with Gasteiger partial charge in [-0.1, -0.05) is 54.6 Å². The predicted molar refractivity (Wildman–Crippen MR) is 97.0 cm³/mol. The van der Waals surface area contributed by atoms with Crippen molar-refractivity contribution in [1.82, 2.24) is 0 Å². The molecule has 3 aromatic carbocycles. The van der Waals surface area contributed by atoms with Crippen molar-refractivity contribution in [3.05, 3.63) is 89.0 Å². The van der Waals surface area contributed by atoms with Crippen molar-refractivity contribution in [2.45, 2.75) is 6.42 Å². The highest BCUT2D eigenvalue weighted by Gasteiger charge is 2.26. The van der Waals surface area contributed by atoms with E-state index in [0.717, 1.165) is 5.56 Å². The van der Waals surface area contributed by atoms with E-state index in [9.17, 15) is 14.4 Å². The van der Waals surface area contributed by atoms with E-state index in [4.69, 9.17) is 0 Å². The minimum Gasteiger partial charge on any atom is -0.294 e. The van der Waals surface area contributed by atoms with Crippen molar-refractivity contribution >= 4 is 34.2 Å². The number of benzene rings is 3. The first-order chi connectivity index (χ1) is 12.1. The summed E-state index contributed by atoms with van der Waals surface area (Å²) in [4.78, 5) is 37.0. The maximum atomic E-state index is 12.7. The van der Waals surface area contributed by atoms with E-state index in [1.54, 1.807) is 36.4 Å². The summed E-state index contributed by atoms with van der Waals surface area (Å²) in [6.07, 6.45) is 3.17. The third-order valence-corrected chi connectivity index (χ3v) is 4.45. The number of hydrogen-bond acceptors (Lipinski definition) is 3. The molecule has 0 radical (unpaired) electrons. The molecule has 0 bridgehead atoms. The lowest BCUT2D eigenvalue weighted by atomic mass is 9.84. The van der Waals surface area contributed by atoms with Gasteiger partial charge < -0.3 is 0 Å². The molecule has 0 N–H and O–H groups in total. The second-order valence-corrected chi connectivity index (χ2v) is 6.02. The molecule has 1 aliphatic carbocycles. The molecule has 0 aliphatic heterocycles. The van der Waals surface area contributed by atoms with Gasteiger partial charge in [0.1, 0.15) is 0 Å². The molecule has 3 nitrogen and oxygen atoms in total. The highest BCUT2D eigenvalue weighted by atomic mass is 16.1. The van der Waals surface area contributed by atoms with Crippen LogP contribution >= 0.6 is 0 Å². The Labute approximate surface area is 144 Å². The lowest BCUT2D eigenvalue weighted by Gasteiger charge is -2.16. The lowest BCUT2D eigenvalue weighted by Crippen LogP contribution is -2.16. The van der Waals surface area contributed by atoms with Gasteiger partial charge in [-0.05, 0) is 29.2 Å². The van der Waals surface area contributed by atoms with E-state index < -0.39 is 0 Å². The molecule has 0 aromatic heterocycles. The first-order valence-corrected chi connectivity index (χ1v) is 8.05. The average Bonchev–Trinajstić information content (AvgIpc) is 2.64. The summed E-state index contributed by atoms with van der Waals surface area (Å²) in [6.45, 7) is 0. The van der Waals surface area contributed by atoms with E-state index >= 15 is 0 Å². The van der Waals surface area contributed by atoms with Crippen LogP contribution in [0.4, 0.5) is 0 Å². The number of hydrogen-bond donors (Lipinski definition) is 0. The third-order valence-electron chi connectivity index (χ3n) is 4.45. The van der Waals surface area contributed by atoms with Crippen molar-refractivity contribution in [3.8, 4) is 0 Å². The van der Waals surface area contributed by atoms with Gasteiger partial charge in [0.25, 0.3) is 0 Å². The smallest absolute Gasteiger partial charge is 0.186 e. The summed E-state index contributed by atoms with van der Waals surface area (Å²) in [5.74, 6) is -0.530. The zero-order valence-corrected chi connectivity index (χ0v) is 13.4. The molecule has 0 unspecified atom stereocenters. The van der Waals surface area contributed by atoms with Gasteiger partial charge in [-0.25, -0.2) is 0 Å². The molecule has 120 valence electrons. The van der Waals surface area contributed by atoms with E-state index in [0.29, 0.717) is 27.5 Å². The van der Waals surface area contributed by atoms with Gasteiger partial charge in [0.2, 0.25) is 0 Å². The zero-order chi connectivity index (χ0) is 17.4. The average molecular weight is 326 g/mol. The fourth-order valence-corrected chi connectivity index (χ4v) is 3.25. The van der Waals surface area contributed by atoms with Gasteiger partial charge in [0, 0.05) is 22.1 Å². The molecule has 0 spiro atoms. The topological polar surface area (TPSA) is 51.2 Å². The first-order valence-electron chi connectivity index (χ1n) is 8.05. The molecule has 0 atom stereocenters. The number of carbonyl (C=O) groups is 3. The molecular formula is C22H14O3. The van der Waals surface area contributed by atoms with Crippen molar-refractivity contribution < 1.29 is 14.4 Å². The van der Waals surface area contributed by atoms with Gasteiger partial charge in [-0.2, -0.15) is 0 Å². The summed E-state index contributed by atoms with van der Waals surface area (Å²) in [6, 6.07) is 18.2. The predicted octanol–water partition coefficient (Wildman–Crippen LogP) is 4.51. The van der Waals surface area contributed by atoms with Crippen LogP contribution in [0.3, 0.4) is 0 Å². The van der Waals surface area contributed by atoms with Crippen LogP contribution in [0.25, 0.3) is 16.8 Å². The van der Waals surface area contributed by atoms with Gasteiger partial charge in [0.15, 0.2) is 17.3 Å². The Morgan fingerprint density at radius 2 is 1.52 bits per heavy atom. The molecule has 3 aromatic rings. The summed E-state index contributed by atoms with van der Waals surface area (Å²) in [7, 11) is 0. The fraction of sp³-hybridized carbons (Fsp3) is 0.0455. The number of rotatable bonds is 3. The molecule has 4 rings (SSSR count). The van der Waals surface area contributed by atoms with E-state index in [-0.39, 0.29) is 23.8 Å². The minimum atomic E-state index is -0.187. The van der Waals surface area contributed by atoms with Crippen molar-refractivity contribution in [3.63, 3.8) is 0 Å². The molecular weight excluding hydrogens is 312 g/mol. The maximum absolute atomic E-state index is 12.7. The van der Waals surface area contributed by atoms with E-state index in [1.165, 1.54) is 6.08 Å². The van der Waals surface area contributed by atoms with Crippen LogP contribution in [0.5, 0.6) is 0 Å². The normalized spacial score (nSPS) is 13.6. The summed E-state index contributed by atoms with van der Waals surface area (Å²) < 4.78 is 0. The standard InChI is InChI=1S/C22H14O3/c23-19(12-9-14-5-2-1-3-6-14)15-10-11-18-21(25)13-20(24)17-8-4-7-16(15)22(17)18/h1-12H,13H2/b12-9+. The van der Waals surface area contributed by atoms with Crippen LogP contribution in [0.15, 0.2) is 66.7 Å². The van der Waals surface area contributed by atoms with Crippen LogP contribution in [-0.2, 0) is 0 Å². The van der Waals surface area contributed by atoms with E-state index in [2.05, 4.69) is 0 Å². The summed E-state index contributed by atoms with van der Waals surface area (Å²) in [5, 5.41) is 1.25. The van der Waals surface area contributed by atoms with Gasteiger partial charge in [0.05, 0.1) is 6.42 Å². The van der Waals surface area contributed by atoms with Crippen LogP contribution in [-0.4, -0.2) is 17.3 Å². The zero-order valence-electron chi connectivity index (χ0n) is 13.4. The number of allylic oxidation sites excluding steroid dienone is 1. The molecule has 0 saturated carbocycles. The molecule has 25 heavy (non-hydrogen) atoms. The van der Waals surface area contributed by atoms with E-state index in [1.807, 2.05) is 30.3 Å². The SMILES string of the molecule is O=C(/C=C/c1ccccc1)c1ccc2c3c(cccc13)C(=O)CC2=O. The highest BCUT2D eigenvalue weighted by molar-refractivity contribution is 6.30. The number of Topliss-reactive ketones (excluding diaryl/α,β-unsaturated/α-hetero) is 2. The monoisotopic (exact) mass is 326 g/mol. The Morgan fingerprint density at radius 1 is 0.800 bits per heavy atom. The Balaban J connectivity index is 1.83. The largest absolute Gasteiger partial charge is 0.294 e. The second-order valence-electron chi connectivity index (χ2n) is 6.02. The Morgan fingerprint density at radius 3 is 2.28 bits per heavy atom. The molecule has 0 heterocycles. The number of ketones is 3. The fourth-order valence-electron chi connectivity index (χ4n) is 3.25. The van der Waals surface area contributed by atoms with Crippen molar-refractivity contribution in [1.29, 1.82) is 0 Å². The minimum absolute atomic E-state index is 0.104. The van der Waals surface area contributed by atoms with Crippen LogP contribution in [0, 0.1) is 0 Å². The number of carbonyl (C=O) groups excluding carboxylic acids is 3. The maximum Gasteiger partial charge on any atom is 0.186 e. The third kappa shape index (κ3) is 2.60. The quantitative estimate of drug-likeness (QED) is 0.404. The Hall–Kier alpha value is -3.33. The van der Waals surface area contributed by atoms with Gasteiger partial charge in [-0.15, -0.1) is 0 Å². The molecule has 3 heteroatoms. The van der Waals surface area contributed by atoms with Crippen molar-refractivity contribution in [2.24, 2.45) is 0 Å². The summed E-state index contributed by atoms with van der Waals surface area (Å²) >= 11 is 0. The Kier molecular flexibility index (Phi) is 3.62. The second kappa shape index (κ2) is 5.95. The highest BCUT2D eigenvalue weighted by Crippen LogP contribution is 2.32.